The maximum absolute atomic E-state index is 6.39. The molecule has 0 saturated heterocycles. The van der Waals surface area contributed by atoms with Crippen molar-refractivity contribution >= 4 is 0 Å². The lowest BCUT2D eigenvalue weighted by molar-refractivity contribution is -0.0575. The van der Waals surface area contributed by atoms with Crippen molar-refractivity contribution in [2.75, 3.05) is 13.2 Å². The van der Waals surface area contributed by atoms with E-state index in [9.17, 15) is 0 Å². The maximum atomic E-state index is 6.39. The van der Waals surface area contributed by atoms with E-state index in [1.807, 2.05) is 0 Å². The summed E-state index contributed by atoms with van der Waals surface area (Å²) in [6, 6.07) is 8.43. The summed E-state index contributed by atoms with van der Waals surface area (Å²) in [5.74, 6) is 0. The number of ether oxygens (including phenoxy) is 2. The summed E-state index contributed by atoms with van der Waals surface area (Å²) in [7, 11) is 0. The maximum Gasteiger partial charge on any atom is 0.0769 e. The van der Waals surface area contributed by atoms with Gasteiger partial charge >= 0.3 is 0 Å². The van der Waals surface area contributed by atoms with Gasteiger partial charge in [0.1, 0.15) is 0 Å². The van der Waals surface area contributed by atoms with Crippen LogP contribution in [0.4, 0.5) is 0 Å². The van der Waals surface area contributed by atoms with Gasteiger partial charge in [0, 0.05) is 0 Å². The Balaban J connectivity index is 1.90. The molecule has 0 spiro atoms. The number of rotatable bonds is 4. The van der Waals surface area contributed by atoms with Crippen LogP contribution in [0.15, 0.2) is 24.3 Å². The van der Waals surface area contributed by atoms with E-state index in [1.165, 1.54) is 11.1 Å². The average molecular weight is 277 g/mol. The van der Waals surface area contributed by atoms with Crippen LogP contribution in [0.25, 0.3) is 0 Å². The summed E-state index contributed by atoms with van der Waals surface area (Å²) in [6.45, 7) is 7.40. The van der Waals surface area contributed by atoms with Crippen molar-refractivity contribution in [3.05, 3.63) is 35.4 Å². The number of benzene rings is 1. The minimum Gasteiger partial charge on any atom is -0.374 e. The molecule has 2 unspecified atom stereocenters. The summed E-state index contributed by atoms with van der Waals surface area (Å²) >= 11 is 0. The number of fused-ring (bicyclic) bond motifs is 1. The first-order valence-corrected chi connectivity index (χ1v) is 7.56. The quantitative estimate of drug-likeness (QED) is 0.679. The second kappa shape index (κ2) is 6.70. The van der Waals surface area contributed by atoms with E-state index in [-0.39, 0.29) is 17.7 Å². The van der Waals surface area contributed by atoms with Gasteiger partial charge in [-0.15, -0.1) is 0 Å². The molecule has 0 amide bonds. The van der Waals surface area contributed by atoms with Gasteiger partial charge in [0.2, 0.25) is 0 Å². The molecule has 1 aromatic rings. The molecule has 0 radical (unpaired) electrons. The first kappa shape index (κ1) is 15.5. The molecule has 3 nitrogen and oxygen atoms in total. The average Bonchev–Trinajstić information content (AvgIpc) is 2.54. The topological polar surface area (TPSA) is 44.5 Å². The van der Waals surface area contributed by atoms with Crippen LogP contribution in [0.2, 0.25) is 0 Å². The molecule has 3 heteroatoms. The van der Waals surface area contributed by atoms with Crippen molar-refractivity contribution in [2.45, 2.75) is 57.8 Å². The van der Waals surface area contributed by atoms with Crippen LogP contribution >= 0.6 is 0 Å². The summed E-state index contributed by atoms with van der Waals surface area (Å²) in [6.07, 6.45) is 3.35. The highest BCUT2D eigenvalue weighted by atomic mass is 16.5. The van der Waals surface area contributed by atoms with Gasteiger partial charge in [-0.05, 0) is 51.2 Å². The molecule has 1 aromatic carbocycles. The zero-order valence-electron chi connectivity index (χ0n) is 12.9. The van der Waals surface area contributed by atoms with E-state index >= 15 is 0 Å². The highest BCUT2D eigenvalue weighted by Crippen LogP contribution is 2.28. The number of hydrogen-bond donors (Lipinski definition) is 1. The number of nitrogens with two attached hydrogens (primary N) is 1. The zero-order valence-corrected chi connectivity index (χ0v) is 12.9. The Labute approximate surface area is 122 Å². The van der Waals surface area contributed by atoms with Gasteiger partial charge in [-0.1, -0.05) is 24.3 Å². The van der Waals surface area contributed by atoms with Crippen LogP contribution in [0.3, 0.4) is 0 Å². The van der Waals surface area contributed by atoms with E-state index in [0.29, 0.717) is 13.2 Å². The SMILES string of the molecule is CC(C)(C)OCCOC1CCCc2ccccc2C1N. The third kappa shape index (κ3) is 4.30. The predicted octanol–water partition coefficient (Wildman–Crippen LogP) is 3.22. The molecule has 0 aromatic heterocycles. The molecule has 112 valence electrons. The molecule has 2 rings (SSSR count). The molecule has 2 atom stereocenters. The molecule has 1 aliphatic carbocycles. The van der Waals surface area contributed by atoms with Crippen molar-refractivity contribution < 1.29 is 9.47 Å². The monoisotopic (exact) mass is 277 g/mol. The van der Waals surface area contributed by atoms with Crippen LogP contribution < -0.4 is 5.73 Å². The Kier molecular flexibility index (Phi) is 5.19. The molecule has 20 heavy (non-hydrogen) atoms. The number of aryl methyl sites for hydroxylation is 1. The van der Waals surface area contributed by atoms with Crippen molar-refractivity contribution in [1.82, 2.24) is 0 Å². The first-order chi connectivity index (χ1) is 9.47. The Hall–Kier alpha value is -0.900. The summed E-state index contributed by atoms with van der Waals surface area (Å²) < 4.78 is 11.7. The van der Waals surface area contributed by atoms with Crippen molar-refractivity contribution in [3.8, 4) is 0 Å². The van der Waals surface area contributed by atoms with Crippen LogP contribution in [0, 0.1) is 0 Å². The minimum absolute atomic E-state index is 0.0247. The molecular formula is C17H27NO2. The fraction of sp³-hybridized carbons (Fsp3) is 0.647. The summed E-state index contributed by atoms with van der Waals surface area (Å²) in [4.78, 5) is 0. The van der Waals surface area contributed by atoms with Gasteiger partial charge in [0.05, 0.1) is 31.0 Å². The summed E-state index contributed by atoms with van der Waals surface area (Å²) in [5.41, 5.74) is 8.90. The summed E-state index contributed by atoms with van der Waals surface area (Å²) in [5, 5.41) is 0. The van der Waals surface area contributed by atoms with Gasteiger partial charge in [-0.2, -0.15) is 0 Å². The number of hydrogen-bond acceptors (Lipinski definition) is 3. The second-order valence-corrected chi connectivity index (χ2v) is 6.49. The molecule has 2 N–H and O–H groups in total. The van der Waals surface area contributed by atoms with Gasteiger partial charge in [0.15, 0.2) is 0 Å². The molecule has 0 fully saturated rings. The molecule has 0 saturated carbocycles. The zero-order chi connectivity index (χ0) is 14.6. The highest BCUT2D eigenvalue weighted by Gasteiger charge is 2.25. The van der Waals surface area contributed by atoms with E-state index in [1.54, 1.807) is 0 Å². The molecule has 1 aliphatic rings. The van der Waals surface area contributed by atoms with Gasteiger partial charge in [0.25, 0.3) is 0 Å². The van der Waals surface area contributed by atoms with Crippen LogP contribution in [-0.2, 0) is 15.9 Å². The van der Waals surface area contributed by atoms with Gasteiger partial charge < -0.3 is 15.2 Å². The lowest BCUT2D eigenvalue weighted by atomic mass is 9.98. The van der Waals surface area contributed by atoms with Gasteiger partial charge in [-0.25, -0.2) is 0 Å². The Bertz CT molecular complexity index is 425. The largest absolute Gasteiger partial charge is 0.374 e. The molecular weight excluding hydrogens is 250 g/mol. The lowest BCUT2D eigenvalue weighted by Crippen LogP contribution is -2.30. The fourth-order valence-electron chi connectivity index (χ4n) is 2.69. The van der Waals surface area contributed by atoms with E-state index in [2.05, 4.69) is 45.0 Å². The third-order valence-electron chi connectivity index (χ3n) is 3.70. The Morgan fingerprint density at radius 1 is 1.20 bits per heavy atom. The van der Waals surface area contributed by atoms with Crippen molar-refractivity contribution in [2.24, 2.45) is 5.73 Å². The molecule has 0 aliphatic heterocycles. The Morgan fingerprint density at radius 3 is 2.70 bits per heavy atom. The van der Waals surface area contributed by atoms with E-state index in [0.717, 1.165) is 19.3 Å². The van der Waals surface area contributed by atoms with Crippen molar-refractivity contribution in [1.29, 1.82) is 0 Å². The lowest BCUT2D eigenvalue weighted by Gasteiger charge is -2.25. The first-order valence-electron chi connectivity index (χ1n) is 7.56. The highest BCUT2D eigenvalue weighted by molar-refractivity contribution is 5.31. The normalized spacial score (nSPS) is 23.2. The Morgan fingerprint density at radius 2 is 1.95 bits per heavy atom. The molecule has 0 bridgehead atoms. The fourth-order valence-corrected chi connectivity index (χ4v) is 2.69. The molecule has 0 heterocycles. The van der Waals surface area contributed by atoms with E-state index in [4.69, 9.17) is 15.2 Å². The van der Waals surface area contributed by atoms with Gasteiger partial charge in [-0.3, -0.25) is 0 Å². The smallest absolute Gasteiger partial charge is 0.0769 e. The third-order valence-corrected chi connectivity index (χ3v) is 3.70. The van der Waals surface area contributed by atoms with E-state index < -0.39 is 0 Å². The van der Waals surface area contributed by atoms with Crippen molar-refractivity contribution in [3.63, 3.8) is 0 Å². The predicted molar refractivity (Wildman–Crippen MR) is 81.8 cm³/mol. The van der Waals surface area contributed by atoms with Crippen LogP contribution in [-0.4, -0.2) is 24.9 Å². The standard InChI is InChI=1S/C17H27NO2/c1-17(2,3)20-12-11-19-15-10-6-8-13-7-4-5-9-14(13)16(15)18/h4-5,7,9,15-16H,6,8,10-12,18H2,1-3H3. The second-order valence-electron chi connectivity index (χ2n) is 6.49. The minimum atomic E-state index is -0.110. The van der Waals surface area contributed by atoms with Crippen LogP contribution in [0.1, 0.15) is 50.8 Å². The van der Waals surface area contributed by atoms with Crippen LogP contribution in [0.5, 0.6) is 0 Å².